The molecular weight excluding hydrogens is 194 g/mol. The van der Waals surface area contributed by atoms with Crippen molar-refractivity contribution in [3.8, 4) is 0 Å². The lowest BCUT2D eigenvalue weighted by Crippen LogP contribution is -2.49. The quantitative estimate of drug-likeness (QED) is 0.820. The predicted octanol–water partition coefficient (Wildman–Crippen LogP) is 3.19. The maximum Gasteiger partial charge on any atom is 0.0103 e. The highest BCUT2D eigenvalue weighted by Gasteiger charge is 2.44. The van der Waals surface area contributed by atoms with E-state index in [0.717, 1.165) is 12.5 Å². The molecule has 88 valence electrons. The molecule has 1 aromatic carbocycles. The van der Waals surface area contributed by atoms with Crippen molar-refractivity contribution in [2.75, 3.05) is 13.6 Å². The Labute approximate surface area is 99.3 Å². The first kappa shape index (κ1) is 11.7. The van der Waals surface area contributed by atoms with Crippen LogP contribution >= 0.6 is 0 Å². The van der Waals surface area contributed by atoms with E-state index in [1.54, 1.807) is 0 Å². The van der Waals surface area contributed by atoms with Crippen LogP contribution in [0.2, 0.25) is 0 Å². The zero-order valence-corrected chi connectivity index (χ0v) is 10.9. The number of nitrogens with one attached hydrogen (secondary N) is 1. The first-order chi connectivity index (χ1) is 7.58. The molecule has 1 nitrogen and oxygen atoms in total. The Morgan fingerprint density at radius 3 is 2.25 bits per heavy atom. The molecule has 1 saturated carbocycles. The molecule has 0 saturated heterocycles. The van der Waals surface area contributed by atoms with Gasteiger partial charge in [-0.3, -0.25) is 0 Å². The Hall–Kier alpha value is -0.820. The fourth-order valence-electron chi connectivity index (χ4n) is 3.15. The average Bonchev–Trinajstić information content (AvgIpc) is 2.22. The molecule has 1 fully saturated rings. The summed E-state index contributed by atoms with van der Waals surface area (Å²) in [6, 6.07) is 7.01. The smallest absolute Gasteiger partial charge is 0.0103 e. The van der Waals surface area contributed by atoms with Gasteiger partial charge in [-0.15, -0.1) is 0 Å². The summed E-state index contributed by atoms with van der Waals surface area (Å²) in [6.07, 6.45) is 2.70. The molecule has 2 unspecified atom stereocenters. The van der Waals surface area contributed by atoms with Crippen LogP contribution in [0.25, 0.3) is 0 Å². The molecule has 1 aromatic rings. The number of hydrogen-bond donors (Lipinski definition) is 1. The monoisotopic (exact) mass is 217 g/mol. The number of likely N-dealkylation sites (N-methyl/N-ethyl adjacent to an activating group) is 1. The molecule has 0 spiro atoms. The highest BCUT2D eigenvalue weighted by atomic mass is 14.8. The van der Waals surface area contributed by atoms with Crippen LogP contribution in [0.1, 0.15) is 36.5 Å². The van der Waals surface area contributed by atoms with E-state index < -0.39 is 0 Å². The first-order valence-corrected chi connectivity index (χ1v) is 6.32. The van der Waals surface area contributed by atoms with Crippen molar-refractivity contribution in [2.24, 2.45) is 5.92 Å². The summed E-state index contributed by atoms with van der Waals surface area (Å²) in [7, 11) is 2.06. The summed E-state index contributed by atoms with van der Waals surface area (Å²) < 4.78 is 0. The van der Waals surface area contributed by atoms with E-state index >= 15 is 0 Å². The summed E-state index contributed by atoms with van der Waals surface area (Å²) >= 11 is 0. The van der Waals surface area contributed by atoms with E-state index in [-0.39, 0.29) is 0 Å². The van der Waals surface area contributed by atoms with Crippen molar-refractivity contribution in [1.29, 1.82) is 0 Å². The van der Waals surface area contributed by atoms with Gasteiger partial charge in [-0.2, -0.15) is 0 Å². The lowest BCUT2D eigenvalue weighted by atomic mass is 9.57. The summed E-state index contributed by atoms with van der Waals surface area (Å²) in [5.41, 5.74) is 4.72. The Balaban J connectivity index is 2.39. The van der Waals surface area contributed by atoms with Crippen LogP contribution in [0.4, 0.5) is 0 Å². The normalized spacial score (nSPS) is 28.9. The van der Waals surface area contributed by atoms with E-state index in [1.165, 1.54) is 29.5 Å². The minimum absolute atomic E-state index is 0.394. The SMILES string of the molecule is CNCC1(c2cc(C)cc(C)c2)CCC1C. The Kier molecular flexibility index (Phi) is 3.07. The molecule has 0 heterocycles. The molecule has 1 aliphatic rings. The van der Waals surface area contributed by atoms with Crippen LogP contribution in [0, 0.1) is 19.8 Å². The fraction of sp³-hybridized carbons (Fsp3) is 0.600. The Morgan fingerprint density at radius 1 is 1.25 bits per heavy atom. The summed E-state index contributed by atoms with van der Waals surface area (Å²) in [4.78, 5) is 0. The highest BCUT2D eigenvalue weighted by molar-refractivity contribution is 5.37. The van der Waals surface area contributed by atoms with Gasteiger partial charge < -0.3 is 5.32 Å². The van der Waals surface area contributed by atoms with Gasteiger partial charge in [-0.25, -0.2) is 0 Å². The van der Waals surface area contributed by atoms with Crippen molar-refractivity contribution < 1.29 is 0 Å². The van der Waals surface area contributed by atoms with E-state index in [1.807, 2.05) is 0 Å². The molecule has 1 heteroatoms. The largest absolute Gasteiger partial charge is 0.319 e. The third-order valence-electron chi connectivity index (χ3n) is 4.26. The van der Waals surface area contributed by atoms with E-state index in [0.29, 0.717) is 5.41 Å². The fourth-order valence-corrected chi connectivity index (χ4v) is 3.15. The summed E-state index contributed by atoms with van der Waals surface area (Å²) in [5.74, 6) is 0.807. The van der Waals surface area contributed by atoms with Gasteiger partial charge in [-0.1, -0.05) is 36.2 Å². The third-order valence-corrected chi connectivity index (χ3v) is 4.26. The van der Waals surface area contributed by atoms with Crippen LogP contribution < -0.4 is 5.32 Å². The molecule has 2 atom stereocenters. The van der Waals surface area contributed by atoms with Crippen LogP contribution in [-0.4, -0.2) is 13.6 Å². The molecule has 1 N–H and O–H groups in total. The first-order valence-electron chi connectivity index (χ1n) is 6.32. The highest BCUT2D eigenvalue weighted by Crippen LogP contribution is 2.48. The number of rotatable bonds is 3. The van der Waals surface area contributed by atoms with Crippen LogP contribution in [0.15, 0.2) is 18.2 Å². The Morgan fingerprint density at radius 2 is 1.88 bits per heavy atom. The lowest BCUT2D eigenvalue weighted by molar-refractivity contribution is 0.137. The maximum atomic E-state index is 3.38. The van der Waals surface area contributed by atoms with Gasteiger partial charge in [0.05, 0.1) is 0 Å². The second-order valence-corrected chi connectivity index (χ2v) is 5.50. The molecule has 0 radical (unpaired) electrons. The number of hydrogen-bond acceptors (Lipinski definition) is 1. The summed E-state index contributed by atoms with van der Waals surface area (Å²) in [5, 5.41) is 3.38. The molecule has 1 aliphatic carbocycles. The zero-order valence-electron chi connectivity index (χ0n) is 10.9. The van der Waals surface area contributed by atoms with Gasteiger partial charge in [0.1, 0.15) is 0 Å². The van der Waals surface area contributed by atoms with E-state index in [9.17, 15) is 0 Å². The summed E-state index contributed by atoms with van der Waals surface area (Å²) in [6.45, 7) is 7.90. The van der Waals surface area contributed by atoms with Crippen molar-refractivity contribution in [2.45, 2.75) is 39.0 Å². The van der Waals surface area contributed by atoms with Gasteiger partial charge in [0.2, 0.25) is 0 Å². The van der Waals surface area contributed by atoms with E-state index in [2.05, 4.69) is 51.3 Å². The Bertz CT molecular complexity index is 363. The second-order valence-electron chi connectivity index (χ2n) is 5.50. The average molecular weight is 217 g/mol. The predicted molar refractivity (Wildman–Crippen MR) is 69.9 cm³/mol. The molecule has 0 bridgehead atoms. The molecule has 2 rings (SSSR count). The van der Waals surface area contributed by atoms with Crippen LogP contribution in [0.3, 0.4) is 0 Å². The van der Waals surface area contributed by atoms with Gasteiger partial charge >= 0.3 is 0 Å². The molecule has 0 aromatic heterocycles. The second kappa shape index (κ2) is 4.21. The van der Waals surface area contributed by atoms with E-state index in [4.69, 9.17) is 0 Å². The van der Waals surface area contributed by atoms with Gasteiger partial charge in [-0.05, 0) is 45.2 Å². The third kappa shape index (κ3) is 1.78. The molecule has 16 heavy (non-hydrogen) atoms. The van der Waals surface area contributed by atoms with Crippen molar-refractivity contribution >= 4 is 0 Å². The topological polar surface area (TPSA) is 12.0 Å². The minimum atomic E-state index is 0.394. The standard InChI is InChI=1S/C15H23N/c1-11-7-12(2)9-14(8-11)15(10-16-4)6-5-13(15)3/h7-9,13,16H,5-6,10H2,1-4H3. The zero-order chi connectivity index (χ0) is 11.8. The van der Waals surface area contributed by atoms with Crippen molar-refractivity contribution in [1.82, 2.24) is 5.32 Å². The van der Waals surface area contributed by atoms with Crippen molar-refractivity contribution in [3.63, 3.8) is 0 Å². The van der Waals surface area contributed by atoms with Crippen LogP contribution in [0.5, 0.6) is 0 Å². The van der Waals surface area contributed by atoms with Gasteiger partial charge in [0, 0.05) is 12.0 Å². The maximum absolute atomic E-state index is 3.38. The van der Waals surface area contributed by atoms with Gasteiger partial charge in [0.25, 0.3) is 0 Å². The lowest BCUT2D eigenvalue weighted by Gasteiger charge is -2.49. The number of benzene rings is 1. The molecular formula is C15H23N. The van der Waals surface area contributed by atoms with Crippen LogP contribution in [-0.2, 0) is 5.41 Å². The molecule has 0 aliphatic heterocycles. The van der Waals surface area contributed by atoms with Gasteiger partial charge in [0.15, 0.2) is 0 Å². The van der Waals surface area contributed by atoms with Crippen molar-refractivity contribution in [3.05, 3.63) is 34.9 Å². The molecule has 0 amide bonds. The number of aryl methyl sites for hydroxylation is 2. The minimum Gasteiger partial charge on any atom is -0.319 e.